The van der Waals surface area contributed by atoms with E-state index in [9.17, 15) is 9.18 Å². The van der Waals surface area contributed by atoms with E-state index in [2.05, 4.69) is 24.3 Å². The van der Waals surface area contributed by atoms with Crippen molar-refractivity contribution in [1.29, 1.82) is 0 Å². The van der Waals surface area contributed by atoms with Gasteiger partial charge in [-0.2, -0.15) is 0 Å². The third-order valence-corrected chi connectivity index (χ3v) is 7.77. The van der Waals surface area contributed by atoms with Crippen LogP contribution in [0.25, 0.3) is 0 Å². The maximum atomic E-state index is 14.6. The second-order valence-corrected chi connectivity index (χ2v) is 10.0. The molecule has 1 amide bonds. The van der Waals surface area contributed by atoms with Crippen molar-refractivity contribution in [3.63, 3.8) is 0 Å². The molecule has 0 unspecified atom stereocenters. The molecule has 166 valence electrons. The number of hydrogen-bond acceptors (Lipinski definition) is 3. The molecule has 6 heteroatoms. The summed E-state index contributed by atoms with van der Waals surface area (Å²) in [5.41, 5.74) is 1.59. The first-order valence-electron chi connectivity index (χ1n) is 11.3. The Morgan fingerprint density at radius 2 is 1.78 bits per heavy atom. The van der Waals surface area contributed by atoms with E-state index in [0.717, 1.165) is 48.4 Å². The molecule has 1 aromatic heterocycles. The van der Waals surface area contributed by atoms with Crippen molar-refractivity contribution >= 4 is 23.1 Å². The minimum Gasteiger partial charge on any atom is -0.440 e. The summed E-state index contributed by atoms with van der Waals surface area (Å²) in [6.45, 7) is 4.35. The Kier molecular flexibility index (Phi) is 5.98. The Labute approximate surface area is 192 Å². The smallest absolute Gasteiger partial charge is 0.415 e. The number of carbonyl (C=O) groups excluding carboxylic acids is 1. The molecule has 3 aliphatic rings. The average Bonchev–Trinajstić information content (AvgIpc) is 3.32. The summed E-state index contributed by atoms with van der Waals surface area (Å²) in [4.78, 5) is 15.8. The van der Waals surface area contributed by atoms with Gasteiger partial charge in [0.05, 0.1) is 25.3 Å². The second-order valence-electron chi connectivity index (χ2n) is 8.99. The van der Waals surface area contributed by atoms with E-state index >= 15 is 0 Å². The van der Waals surface area contributed by atoms with E-state index in [4.69, 9.17) is 4.74 Å². The van der Waals surface area contributed by atoms with Crippen LogP contribution in [-0.2, 0) is 17.8 Å². The number of piperidine rings is 3. The summed E-state index contributed by atoms with van der Waals surface area (Å²) in [6.07, 6.45) is 1.54. The van der Waals surface area contributed by atoms with Crippen LogP contribution in [0.15, 0.2) is 72.1 Å². The van der Waals surface area contributed by atoms with Crippen molar-refractivity contribution in [2.45, 2.75) is 32.0 Å². The minimum absolute atomic E-state index is 0.133. The second kappa shape index (κ2) is 9.04. The van der Waals surface area contributed by atoms with E-state index in [1.807, 2.05) is 23.6 Å². The van der Waals surface area contributed by atoms with Gasteiger partial charge in [-0.15, -0.1) is 11.3 Å². The van der Waals surface area contributed by atoms with Gasteiger partial charge in [-0.1, -0.05) is 48.5 Å². The van der Waals surface area contributed by atoms with Gasteiger partial charge in [0.1, 0.15) is 18.9 Å². The number of fused-ring (bicyclic) bond motifs is 3. The van der Waals surface area contributed by atoms with Gasteiger partial charge in [-0.05, 0) is 23.6 Å². The number of hydrogen-bond donors (Lipinski definition) is 0. The van der Waals surface area contributed by atoms with Gasteiger partial charge in [0, 0.05) is 29.2 Å². The zero-order valence-electron chi connectivity index (χ0n) is 18.0. The number of quaternary nitrogens is 1. The summed E-state index contributed by atoms with van der Waals surface area (Å²) in [5, 5.41) is 1.96. The molecule has 2 aromatic carbocycles. The number of para-hydroxylation sites is 1. The first kappa shape index (κ1) is 21.2. The predicted octanol–water partition coefficient (Wildman–Crippen LogP) is 5.84. The standard InChI is InChI=1S/C26H28FN2O2S/c27-23-10-4-5-11-24(23)28(17-22-9-6-16-32-22)26(30)31-25-19-29(14-12-21(25)13-15-29)18-20-7-2-1-3-8-20/h1-11,16,21,25H,12-15,17-19H2/q+1/t21?,25-,29?/m0/s1. The molecule has 3 aromatic rings. The van der Waals surface area contributed by atoms with E-state index in [1.54, 1.807) is 29.5 Å². The van der Waals surface area contributed by atoms with Crippen molar-refractivity contribution in [3.05, 3.63) is 88.4 Å². The van der Waals surface area contributed by atoms with Crippen molar-refractivity contribution in [2.75, 3.05) is 24.5 Å². The maximum Gasteiger partial charge on any atom is 0.415 e. The normalized spacial score (nSPS) is 24.3. The lowest BCUT2D eigenvalue weighted by molar-refractivity contribution is -0.958. The Morgan fingerprint density at radius 3 is 2.50 bits per heavy atom. The van der Waals surface area contributed by atoms with E-state index in [1.165, 1.54) is 16.5 Å². The van der Waals surface area contributed by atoms with E-state index in [-0.39, 0.29) is 11.8 Å². The number of amides is 1. The fourth-order valence-electron chi connectivity index (χ4n) is 5.22. The van der Waals surface area contributed by atoms with Gasteiger partial charge in [0.2, 0.25) is 0 Å². The topological polar surface area (TPSA) is 29.5 Å². The summed E-state index contributed by atoms with van der Waals surface area (Å²) in [5.74, 6) is -0.0265. The van der Waals surface area contributed by atoms with Crippen LogP contribution < -0.4 is 4.90 Å². The Balaban J connectivity index is 1.34. The van der Waals surface area contributed by atoms with E-state index in [0.29, 0.717) is 12.5 Å². The lowest BCUT2D eigenvalue weighted by atomic mass is 9.83. The lowest BCUT2D eigenvalue weighted by Crippen LogP contribution is -2.64. The Morgan fingerprint density at radius 1 is 1.03 bits per heavy atom. The number of benzene rings is 2. The molecule has 0 N–H and O–H groups in total. The first-order valence-corrected chi connectivity index (χ1v) is 12.1. The number of anilines is 1. The number of halogens is 1. The molecular weight excluding hydrogens is 423 g/mol. The van der Waals surface area contributed by atoms with Gasteiger partial charge >= 0.3 is 6.09 Å². The van der Waals surface area contributed by atoms with E-state index < -0.39 is 11.9 Å². The maximum absolute atomic E-state index is 14.6. The molecule has 0 radical (unpaired) electrons. The third-order valence-electron chi connectivity index (χ3n) is 6.91. The van der Waals surface area contributed by atoms with Crippen molar-refractivity contribution in [3.8, 4) is 0 Å². The van der Waals surface area contributed by atoms with Crippen LogP contribution in [0.5, 0.6) is 0 Å². The third kappa shape index (κ3) is 4.43. The van der Waals surface area contributed by atoms with Crippen LogP contribution in [0.3, 0.4) is 0 Å². The Hall–Kier alpha value is -2.70. The highest BCUT2D eigenvalue weighted by Gasteiger charge is 2.48. The predicted molar refractivity (Wildman–Crippen MR) is 125 cm³/mol. The number of rotatable bonds is 6. The van der Waals surface area contributed by atoms with Crippen LogP contribution in [-0.4, -0.2) is 36.3 Å². The van der Waals surface area contributed by atoms with Crippen LogP contribution in [0, 0.1) is 11.7 Å². The first-order chi connectivity index (χ1) is 15.6. The Bertz CT molecular complexity index is 1050. The van der Waals surface area contributed by atoms with Crippen LogP contribution in [0.2, 0.25) is 0 Å². The van der Waals surface area contributed by atoms with Crippen molar-refractivity contribution in [2.24, 2.45) is 5.92 Å². The molecule has 0 aliphatic carbocycles. The largest absolute Gasteiger partial charge is 0.440 e. The zero-order chi connectivity index (χ0) is 22.0. The number of nitrogens with zero attached hydrogens (tertiary/aromatic N) is 2. The summed E-state index contributed by atoms with van der Waals surface area (Å²) < 4.78 is 21.7. The van der Waals surface area contributed by atoms with Crippen LogP contribution >= 0.6 is 11.3 Å². The molecule has 0 saturated carbocycles. The van der Waals surface area contributed by atoms with Crippen molar-refractivity contribution in [1.82, 2.24) is 0 Å². The van der Waals surface area contributed by atoms with Crippen LogP contribution in [0.4, 0.5) is 14.9 Å². The molecule has 3 saturated heterocycles. The molecule has 0 spiro atoms. The molecule has 4 nitrogen and oxygen atoms in total. The fourth-order valence-corrected chi connectivity index (χ4v) is 5.91. The highest BCUT2D eigenvalue weighted by atomic mass is 32.1. The van der Waals surface area contributed by atoms with Crippen LogP contribution in [0.1, 0.15) is 23.3 Å². The molecule has 2 bridgehead atoms. The van der Waals surface area contributed by atoms with Gasteiger partial charge in [-0.25, -0.2) is 9.18 Å². The zero-order valence-corrected chi connectivity index (χ0v) is 18.8. The fraction of sp³-hybridized carbons (Fsp3) is 0.346. The highest BCUT2D eigenvalue weighted by molar-refractivity contribution is 7.09. The average molecular weight is 452 g/mol. The molecule has 3 fully saturated rings. The molecule has 32 heavy (non-hydrogen) atoms. The van der Waals surface area contributed by atoms with Gasteiger partial charge < -0.3 is 9.22 Å². The minimum atomic E-state index is -0.458. The molecule has 6 rings (SSSR count). The molecule has 4 heterocycles. The van der Waals surface area contributed by atoms with Gasteiger partial charge in [0.25, 0.3) is 0 Å². The summed E-state index contributed by atoms with van der Waals surface area (Å²) in [7, 11) is 0. The quantitative estimate of drug-likeness (QED) is 0.441. The summed E-state index contributed by atoms with van der Waals surface area (Å²) >= 11 is 1.55. The number of thiophene rings is 1. The summed E-state index contributed by atoms with van der Waals surface area (Å²) in [6, 6.07) is 20.9. The molecule has 1 atom stereocenters. The van der Waals surface area contributed by atoms with Gasteiger partial charge in [0.15, 0.2) is 6.10 Å². The van der Waals surface area contributed by atoms with Crippen molar-refractivity contribution < 1.29 is 18.4 Å². The lowest BCUT2D eigenvalue weighted by Gasteiger charge is -2.52. The monoisotopic (exact) mass is 451 g/mol. The molecular formula is C26H28FN2O2S+. The SMILES string of the molecule is O=C(O[C@H]1C[N+]2(Cc3ccccc3)CCC1CC2)N(Cc1cccs1)c1ccccc1F. The molecule has 3 aliphatic heterocycles. The highest BCUT2D eigenvalue weighted by Crippen LogP contribution is 2.37. The number of carbonyl (C=O) groups is 1. The number of ether oxygens (including phenoxy) is 1. The van der Waals surface area contributed by atoms with Gasteiger partial charge in [-0.3, -0.25) is 4.90 Å².